The fraction of sp³-hybridized carbons (Fsp3) is 0.273. The van der Waals surface area contributed by atoms with Gasteiger partial charge in [0.05, 0.1) is 12.0 Å². The van der Waals surface area contributed by atoms with Crippen LogP contribution in [-0.2, 0) is 9.53 Å². The van der Waals surface area contributed by atoms with E-state index in [-0.39, 0.29) is 11.3 Å². The van der Waals surface area contributed by atoms with Crippen LogP contribution < -0.4 is 15.5 Å². The second kappa shape index (κ2) is 7.86. The molecule has 6 nitrogen and oxygen atoms in total. The Hall–Kier alpha value is -3.12. The van der Waals surface area contributed by atoms with Gasteiger partial charge in [0.2, 0.25) is 0 Å². The monoisotopic (exact) mass is 379 g/mol. The van der Waals surface area contributed by atoms with Gasteiger partial charge in [0.25, 0.3) is 5.91 Å². The van der Waals surface area contributed by atoms with Crippen molar-refractivity contribution < 1.29 is 18.7 Å². The van der Waals surface area contributed by atoms with Gasteiger partial charge in [-0.2, -0.15) is 0 Å². The standard InChI is InChI=1S/C22H21NO5/c1-2-26-16-8-5-14(6-9-16)20-13-18(24)17-10-7-15(12-21(17)28-20)23-22(25)19-4-3-11-27-19/h5-10,12-13,19H,2-4,11H2,1H3,(H,23,25). The molecule has 2 heterocycles. The third kappa shape index (κ3) is 3.77. The van der Waals surface area contributed by atoms with Gasteiger partial charge in [0.15, 0.2) is 5.43 Å². The van der Waals surface area contributed by atoms with Gasteiger partial charge in [-0.3, -0.25) is 9.59 Å². The second-order valence-electron chi connectivity index (χ2n) is 6.63. The van der Waals surface area contributed by atoms with Crippen LogP contribution >= 0.6 is 0 Å². The van der Waals surface area contributed by atoms with Crippen LogP contribution in [0.3, 0.4) is 0 Å². The lowest BCUT2D eigenvalue weighted by molar-refractivity contribution is -0.124. The maximum absolute atomic E-state index is 12.5. The normalized spacial score (nSPS) is 16.2. The van der Waals surface area contributed by atoms with Crippen molar-refractivity contribution in [3.63, 3.8) is 0 Å². The highest BCUT2D eigenvalue weighted by atomic mass is 16.5. The van der Waals surface area contributed by atoms with Gasteiger partial charge in [0.1, 0.15) is 23.2 Å². The molecule has 1 fully saturated rings. The zero-order valence-electron chi connectivity index (χ0n) is 15.6. The zero-order valence-corrected chi connectivity index (χ0v) is 15.6. The van der Waals surface area contributed by atoms with Crippen LogP contribution in [0, 0.1) is 0 Å². The van der Waals surface area contributed by atoms with Crippen molar-refractivity contribution in [3.05, 3.63) is 58.8 Å². The molecule has 1 aliphatic heterocycles. The maximum Gasteiger partial charge on any atom is 0.253 e. The second-order valence-corrected chi connectivity index (χ2v) is 6.63. The molecule has 2 aromatic carbocycles. The first-order valence-corrected chi connectivity index (χ1v) is 9.37. The Balaban J connectivity index is 1.64. The number of ether oxygens (including phenoxy) is 2. The van der Waals surface area contributed by atoms with Crippen molar-refractivity contribution in [3.8, 4) is 17.1 Å². The highest BCUT2D eigenvalue weighted by Gasteiger charge is 2.23. The lowest BCUT2D eigenvalue weighted by atomic mass is 10.1. The Morgan fingerprint density at radius 2 is 2.00 bits per heavy atom. The molecule has 0 spiro atoms. The fourth-order valence-corrected chi connectivity index (χ4v) is 3.26. The van der Waals surface area contributed by atoms with Gasteiger partial charge >= 0.3 is 0 Å². The number of amides is 1. The highest BCUT2D eigenvalue weighted by molar-refractivity contribution is 5.96. The van der Waals surface area contributed by atoms with Crippen molar-refractivity contribution >= 4 is 22.6 Å². The number of hydrogen-bond donors (Lipinski definition) is 1. The molecular formula is C22H21NO5. The predicted octanol–water partition coefficient (Wildman–Crippen LogP) is 3.98. The largest absolute Gasteiger partial charge is 0.494 e. The van der Waals surface area contributed by atoms with E-state index in [1.54, 1.807) is 18.2 Å². The van der Waals surface area contributed by atoms with E-state index in [0.717, 1.165) is 24.2 Å². The molecule has 1 N–H and O–H groups in total. The van der Waals surface area contributed by atoms with E-state index in [0.29, 0.717) is 35.6 Å². The molecule has 3 aromatic rings. The number of rotatable bonds is 5. The van der Waals surface area contributed by atoms with Crippen LogP contribution in [0.5, 0.6) is 5.75 Å². The molecule has 4 rings (SSSR count). The molecule has 0 bridgehead atoms. The molecule has 1 amide bonds. The van der Waals surface area contributed by atoms with Crippen molar-refractivity contribution in [2.24, 2.45) is 0 Å². The molecule has 1 saturated heterocycles. The van der Waals surface area contributed by atoms with E-state index < -0.39 is 6.10 Å². The Labute approximate surface area is 162 Å². The molecule has 0 aliphatic carbocycles. The first-order valence-electron chi connectivity index (χ1n) is 9.37. The Morgan fingerprint density at radius 3 is 2.71 bits per heavy atom. The summed E-state index contributed by atoms with van der Waals surface area (Å²) in [6, 6.07) is 13.9. The van der Waals surface area contributed by atoms with E-state index in [1.807, 2.05) is 31.2 Å². The summed E-state index contributed by atoms with van der Waals surface area (Å²) in [6.07, 6.45) is 1.19. The molecule has 6 heteroatoms. The molecule has 0 radical (unpaired) electrons. The molecule has 1 aromatic heterocycles. The fourth-order valence-electron chi connectivity index (χ4n) is 3.26. The molecule has 1 aliphatic rings. The van der Waals surface area contributed by atoms with E-state index in [2.05, 4.69) is 5.32 Å². The summed E-state index contributed by atoms with van der Waals surface area (Å²) in [5.41, 5.74) is 1.62. The molecular weight excluding hydrogens is 358 g/mol. The van der Waals surface area contributed by atoms with E-state index in [1.165, 1.54) is 6.07 Å². The van der Waals surface area contributed by atoms with Crippen molar-refractivity contribution in [1.82, 2.24) is 0 Å². The molecule has 0 saturated carbocycles. The van der Waals surface area contributed by atoms with Gasteiger partial charge in [-0.05, 0) is 56.2 Å². The Bertz CT molecular complexity index is 1050. The number of carbonyl (C=O) groups is 1. The molecule has 1 atom stereocenters. The lowest BCUT2D eigenvalue weighted by Gasteiger charge is -2.11. The Morgan fingerprint density at radius 1 is 1.18 bits per heavy atom. The third-order valence-electron chi connectivity index (χ3n) is 4.67. The summed E-state index contributed by atoms with van der Waals surface area (Å²) < 4.78 is 16.8. The number of hydrogen-bond acceptors (Lipinski definition) is 5. The number of nitrogens with one attached hydrogen (secondary N) is 1. The first kappa shape index (κ1) is 18.3. The first-order chi connectivity index (χ1) is 13.6. The predicted molar refractivity (Wildman–Crippen MR) is 107 cm³/mol. The summed E-state index contributed by atoms with van der Waals surface area (Å²) in [5, 5.41) is 3.30. The van der Waals surface area contributed by atoms with Gasteiger partial charge < -0.3 is 19.2 Å². The summed E-state index contributed by atoms with van der Waals surface area (Å²) in [6.45, 7) is 3.12. The molecule has 144 valence electrons. The topological polar surface area (TPSA) is 77.8 Å². The van der Waals surface area contributed by atoms with Crippen molar-refractivity contribution in [2.75, 3.05) is 18.5 Å². The van der Waals surface area contributed by atoms with E-state index in [9.17, 15) is 9.59 Å². The van der Waals surface area contributed by atoms with E-state index in [4.69, 9.17) is 13.9 Å². The van der Waals surface area contributed by atoms with Crippen LogP contribution in [0.2, 0.25) is 0 Å². The van der Waals surface area contributed by atoms with Crippen LogP contribution in [0.4, 0.5) is 5.69 Å². The molecule has 1 unspecified atom stereocenters. The van der Waals surface area contributed by atoms with Crippen molar-refractivity contribution in [2.45, 2.75) is 25.9 Å². The molecule has 28 heavy (non-hydrogen) atoms. The number of carbonyl (C=O) groups excluding carboxylic acids is 1. The highest BCUT2D eigenvalue weighted by Crippen LogP contribution is 2.26. The van der Waals surface area contributed by atoms with Crippen LogP contribution in [0.25, 0.3) is 22.3 Å². The van der Waals surface area contributed by atoms with Gasteiger partial charge in [-0.25, -0.2) is 0 Å². The summed E-state index contributed by atoms with van der Waals surface area (Å²) in [7, 11) is 0. The number of benzene rings is 2. The van der Waals surface area contributed by atoms with Gasteiger partial charge in [0, 0.05) is 30.0 Å². The lowest BCUT2D eigenvalue weighted by Crippen LogP contribution is -2.26. The zero-order chi connectivity index (χ0) is 19.5. The average molecular weight is 379 g/mol. The Kier molecular flexibility index (Phi) is 5.12. The summed E-state index contributed by atoms with van der Waals surface area (Å²) in [4.78, 5) is 24.7. The third-order valence-corrected chi connectivity index (χ3v) is 4.67. The maximum atomic E-state index is 12.5. The van der Waals surface area contributed by atoms with Gasteiger partial charge in [-0.15, -0.1) is 0 Å². The van der Waals surface area contributed by atoms with Crippen LogP contribution in [0.15, 0.2) is 57.7 Å². The summed E-state index contributed by atoms with van der Waals surface area (Å²) in [5.74, 6) is 1.04. The summed E-state index contributed by atoms with van der Waals surface area (Å²) >= 11 is 0. The van der Waals surface area contributed by atoms with Crippen LogP contribution in [0.1, 0.15) is 19.8 Å². The minimum Gasteiger partial charge on any atom is -0.494 e. The number of anilines is 1. The number of fused-ring (bicyclic) bond motifs is 1. The van der Waals surface area contributed by atoms with Crippen LogP contribution in [-0.4, -0.2) is 25.2 Å². The average Bonchev–Trinajstić information content (AvgIpc) is 3.23. The van der Waals surface area contributed by atoms with E-state index >= 15 is 0 Å². The minimum atomic E-state index is -0.419. The van der Waals surface area contributed by atoms with Gasteiger partial charge in [-0.1, -0.05) is 0 Å². The minimum absolute atomic E-state index is 0.137. The SMILES string of the molecule is CCOc1ccc(-c2cc(=O)c3ccc(NC(=O)C4CCCO4)cc3o2)cc1. The van der Waals surface area contributed by atoms with Crippen molar-refractivity contribution in [1.29, 1.82) is 0 Å². The smallest absolute Gasteiger partial charge is 0.253 e. The quantitative estimate of drug-likeness (QED) is 0.726.